The van der Waals surface area contributed by atoms with Gasteiger partial charge in [-0.05, 0) is 24.5 Å². The van der Waals surface area contributed by atoms with Gasteiger partial charge in [0.25, 0.3) is 0 Å². The van der Waals surface area contributed by atoms with Gasteiger partial charge in [0.15, 0.2) is 0 Å². The first-order valence-corrected chi connectivity index (χ1v) is 11.8. The first-order valence-electron chi connectivity index (χ1n) is 11.8. The Morgan fingerprint density at radius 1 is 0.893 bits per heavy atom. The van der Waals surface area contributed by atoms with E-state index in [-0.39, 0.29) is 5.97 Å². The predicted molar refractivity (Wildman–Crippen MR) is 119 cm³/mol. The maximum Gasteiger partial charge on any atom is 0.339 e. The third-order valence-electron chi connectivity index (χ3n) is 5.52. The van der Waals surface area contributed by atoms with Gasteiger partial charge in [0.05, 0.1) is 12.2 Å². The van der Waals surface area contributed by atoms with E-state index in [0.717, 1.165) is 18.8 Å². The minimum absolute atomic E-state index is 0.261. The summed E-state index contributed by atoms with van der Waals surface area (Å²) in [6.45, 7) is 5.22. The number of ether oxygens (including phenoxy) is 1. The molecular weight excluding hydrogens is 346 g/mol. The van der Waals surface area contributed by atoms with Crippen molar-refractivity contribution in [3.05, 3.63) is 30.1 Å². The van der Waals surface area contributed by atoms with Crippen LogP contribution in [-0.4, -0.2) is 17.6 Å². The van der Waals surface area contributed by atoms with Crippen molar-refractivity contribution in [2.75, 3.05) is 6.61 Å². The molecule has 1 heterocycles. The lowest BCUT2D eigenvalue weighted by atomic mass is 9.97. The highest BCUT2D eigenvalue weighted by Gasteiger charge is 2.05. The molecule has 0 amide bonds. The summed E-state index contributed by atoms with van der Waals surface area (Å²) in [6, 6.07) is 3.50. The zero-order valence-corrected chi connectivity index (χ0v) is 18.5. The number of hydrogen-bond donors (Lipinski definition) is 0. The van der Waals surface area contributed by atoms with E-state index in [2.05, 4.69) is 18.8 Å². The van der Waals surface area contributed by atoms with Gasteiger partial charge >= 0.3 is 5.97 Å². The van der Waals surface area contributed by atoms with Crippen LogP contribution in [0.15, 0.2) is 24.5 Å². The normalized spacial score (nSPS) is 12.1. The molecule has 0 aliphatic rings. The molecule has 0 spiro atoms. The van der Waals surface area contributed by atoms with Gasteiger partial charge in [0.2, 0.25) is 0 Å². The molecule has 0 bridgehead atoms. The van der Waals surface area contributed by atoms with Crippen LogP contribution in [-0.2, 0) is 4.74 Å². The van der Waals surface area contributed by atoms with E-state index in [9.17, 15) is 4.79 Å². The van der Waals surface area contributed by atoms with Gasteiger partial charge in [-0.25, -0.2) is 4.79 Å². The molecule has 0 aromatic carbocycles. The highest BCUT2D eigenvalue weighted by Crippen LogP contribution is 2.17. The summed E-state index contributed by atoms with van der Waals surface area (Å²) in [5, 5.41) is 0. The fourth-order valence-corrected chi connectivity index (χ4v) is 3.61. The molecule has 0 saturated carbocycles. The molecule has 3 heteroatoms. The number of carbonyl (C=O) groups is 1. The van der Waals surface area contributed by atoms with Crippen LogP contribution in [0.5, 0.6) is 0 Å². The van der Waals surface area contributed by atoms with Gasteiger partial charge < -0.3 is 4.74 Å². The molecule has 0 radical (unpaired) electrons. The monoisotopic (exact) mass is 389 g/mol. The van der Waals surface area contributed by atoms with Crippen LogP contribution in [0.1, 0.15) is 121 Å². The van der Waals surface area contributed by atoms with Crippen molar-refractivity contribution in [2.24, 2.45) is 5.92 Å². The zero-order chi connectivity index (χ0) is 20.3. The minimum atomic E-state index is -0.261. The molecule has 0 N–H and O–H groups in total. The molecule has 1 atom stereocenters. The summed E-state index contributed by atoms with van der Waals surface area (Å²) in [5.41, 5.74) is 0.536. The van der Waals surface area contributed by atoms with Crippen LogP contribution in [0.3, 0.4) is 0 Å². The maximum atomic E-state index is 11.8. The number of carbonyl (C=O) groups excluding carboxylic acids is 1. The summed E-state index contributed by atoms with van der Waals surface area (Å²) in [5.74, 6) is 0.669. The van der Waals surface area contributed by atoms with Gasteiger partial charge in [-0.15, -0.1) is 0 Å². The van der Waals surface area contributed by atoms with E-state index in [1.54, 1.807) is 24.5 Å². The molecule has 0 saturated heterocycles. The van der Waals surface area contributed by atoms with Crippen molar-refractivity contribution < 1.29 is 9.53 Å². The van der Waals surface area contributed by atoms with Crippen molar-refractivity contribution in [3.8, 4) is 0 Å². The summed E-state index contributed by atoms with van der Waals surface area (Å²) in [6.07, 6.45) is 23.3. The zero-order valence-electron chi connectivity index (χ0n) is 18.5. The quantitative estimate of drug-likeness (QED) is 0.190. The highest BCUT2D eigenvalue weighted by molar-refractivity contribution is 5.88. The number of nitrogens with zero attached hydrogens (tertiary/aromatic N) is 1. The van der Waals surface area contributed by atoms with E-state index in [0.29, 0.717) is 12.2 Å². The van der Waals surface area contributed by atoms with E-state index in [1.807, 2.05) is 0 Å². The third kappa shape index (κ3) is 13.7. The van der Waals surface area contributed by atoms with Crippen LogP contribution in [0, 0.1) is 5.92 Å². The highest BCUT2D eigenvalue weighted by atomic mass is 16.5. The molecular formula is C25H43NO2. The van der Waals surface area contributed by atoms with Crippen LogP contribution in [0.25, 0.3) is 0 Å². The molecule has 1 unspecified atom stereocenters. The average molecular weight is 390 g/mol. The van der Waals surface area contributed by atoms with E-state index in [4.69, 9.17) is 4.74 Å². The fraction of sp³-hybridized carbons (Fsp3) is 0.760. The molecule has 1 rings (SSSR count). The van der Waals surface area contributed by atoms with Crippen molar-refractivity contribution in [3.63, 3.8) is 0 Å². The molecule has 1 aromatic rings. The number of pyridine rings is 1. The summed E-state index contributed by atoms with van der Waals surface area (Å²) < 4.78 is 5.27. The molecule has 1 aromatic heterocycles. The Labute approximate surface area is 173 Å². The third-order valence-corrected chi connectivity index (χ3v) is 5.52. The minimum Gasteiger partial charge on any atom is -0.462 e. The lowest BCUT2D eigenvalue weighted by molar-refractivity contribution is 0.0497. The summed E-state index contributed by atoms with van der Waals surface area (Å²) in [4.78, 5) is 15.7. The fourth-order valence-electron chi connectivity index (χ4n) is 3.61. The Balaban J connectivity index is 1.78. The second-order valence-electron chi connectivity index (χ2n) is 8.30. The number of hydrogen-bond acceptors (Lipinski definition) is 3. The van der Waals surface area contributed by atoms with Crippen molar-refractivity contribution in [1.82, 2.24) is 4.98 Å². The Kier molecular flexibility index (Phi) is 15.6. The first kappa shape index (κ1) is 24.7. The smallest absolute Gasteiger partial charge is 0.339 e. The lowest BCUT2D eigenvalue weighted by Gasteiger charge is -2.10. The van der Waals surface area contributed by atoms with Gasteiger partial charge in [-0.1, -0.05) is 104 Å². The van der Waals surface area contributed by atoms with Gasteiger partial charge in [0, 0.05) is 12.4 Å². The van der Waals surface area contributed by atoms with Crippen molar-refractivity contribution >= 4 is 5.97 Å². The SMILES string of the molecule is CCCCC(C)CCCCCCCCCCCCCOC(=O)c1cccnc1. The van der Waals surface area contributed by atoms with Crippen LogP contribution in [0.2, 0.25) is 0 Å². The lowest BCUT2D eigenvalue weighted by Crippen LogP contribution is -2.06. The second-order valence-corrected chi connectivity index (χ2v) is 8.30. The van der Waals surface area contributed by atoms with Crippen molar-refractivity contribution in [1.29, 1.82) is 0 Å². The second kappa shape index (κ2) is 17.7. The number of rotatable bonds is 18. The Bertz CT molecular complexity index is 475. The molecule has 0 fully saturated rings. The maximum absolute atomic E-state index is 11.8. The van der Waals surface area contributed by atoms with Gasteiger partial charge in [0.1, 0.15) is 0 Å². The van der Waals surface area contributed by atoms with Crippen LogP contribution in [0.4, 0.5) is 0 Å². The van der Waals surface area contributed by atoms with E-state index >= 15 is 0 Å². The number of unbranched alkanes of at least 4 members (excludes halogenated alkanes) is 11. The Hall–Kier alpha value is -1.38. The van der Waals surface area contributed by atoms with Gasteiger partial charge in [-0.3, -0.25) is 4.98 Å². The topological polar surface area (TPSA) is 39.2 Å². The van der Waals surface area contributed by atoms with E-state index < -0.39 is 0 Å². The van der Waals surface area contributed by atoms with Crippen LogP contribution < -0.4 is 0 Å². The van der Waals surface area contributed by atoms with Crippen molar-refractivity contribution in [2.45, 2.75) is 110 Å². The van der Waals surface area contributed by atoms with Crippen LogP contribution >= 0.6 is 0 Å². The van der Waals surface area contributed by atoms with E-state index in [1.165, 1.54) is 83.5 Å². The Morgan fingerprint density at radius 3 is 2.04 bits per heavy atom. The largest absolute Gasteiger partial charge is 0.462 e. The standard InChI is InChI=1S/C25H43NO2/c1-3-4-17-23(2)18-14-12-10-8-6-5-7-9-11-13-15-21-28-25(27)24-19-16-20-26-22-24/h16,19-20,22-23H,3-15,17-18,21H2,1-2H3. The number of aromatic nitrogens is 1. The summed E-state index contributed by atoms with van der Waals surface area (Å²) >= 11 is 0. The molecule has 3 nitrogen and oxygen atoms in total. The molecule has 28 heavy (non-hydrogen) atoms. The molecule has 0 aliphatic carbocycles. The molecule has 160 valence electrons. The summed E-state index contributed by atoms with van der Waals surface area (Å²) in [7, 11) is 0. The number of esters is 1. The average Bonchev–Trinajstić information content (AvgIpc) is 2.72. The predicted octanol–water partition coefficient (Wildman–Crippen LogP) is 7.75. The molecule has 0 aliphatic heterocycles. The Morgan fingerprint density at radius 2 is 1.46 bits per heavy atom. The van der Waals surface area contributed by atoms with Gasteiger partial charge in [-0.2, -0.15) is 0 Å². The first-order chi connectivity index (χ1) is 13.7.